The van der Waals surface area contributed by atoms with Crippen LogP contribution in [0.3, 0.4) is 0 Å². The number of amides is 4. The van der Waals surface area contributed by atoms with Gasteiger partial charge < -0.3 is 9.47 Å². The second-order valence-corrected chi connectivity index (χ2v) is 9.82. The van der Waals surface area contributed by atoms with Crippen LogP contribution in [0.5, 0.6) is 11.5 Å². The molecule has 0 aromatic heterocycles. The van der Waals surface area contributed by atoms with Crippen LogP contribution < -0.4 is 19.7 Å². The van der Waals surface area contributed by atoms with E-state index < -0.39 is 40.8 Å². The maximum absolute atomic E-state index is 13.3. The molecule has 0 radical (unpaired) electrons. The Kier molecular flexibility index (Phi) is 8.55. The molecule has 1 heterocycles. The van der Waals surface area contributed by atoms with Crippen LogP contribution in [0.4, 0.5) is 23.7 Å². The Bertz CT molecular complexity index is 1580. The van der Waals surface area contributed by atoms with Crippen LogP contribution in [0, 0.1) is 0 Å². The van der Waals surface area contributed by atoms with E-state index in [-0.39, 0.29) is 33.7 Å². The second kappa shape index (κ2) is 11.6. The van der Waals surface area contributed by atoms with Gasteiger partial charge in [-0.1, -0.05) is 52.5 Å². The summed E-state index contributed by atoms with van der Waals surface area (Å²) in [6, 6.07) is 8.53. The standard InChI is InChI=1S/C26H15Cl4F3N2O5/c1-39-21-9-13(8-19(30)22(21)40-11-12-2-4-16(27)18(29)7-12)6-15-23(36)34-25(38)35(24(15)37)20-10-14(26(31,32)33)3-5-17(20)28/h2-10H,11H2,1H3,(H,34,36,38)/b15-6-. The van der Waals surface area contributed by atoms with Gasteiger partial charge in [0.2, 0.25) is 0 Å². The fraction of sp³-hybridized carbons (Fsp3) is 0.115. The number of alkyl halides is 3. The molecule has 1 aliphatic heterocycles. The molecule has 1 N–H and O–H groups in total. The molecule has 208 valence electrons. The minimum Gasteiger partial charge on any atom is -0.493 e. The zero-order chi connectivity index (χ0) is 29.4. The minimum atomic E-state index is -4.78. The van der Waals surface area contributed by atoms with Gasteiger partial charge in [0.15, 0.2) is 11.5 Å². The van der Waals surface area contributed by atoms with Gasteiger partial charge >= 0.3 is 12.2 Å². The van der Waals surface area contributed by atoms with Crippen molar-refractivity contribution in [3.63, 3.8) is 0 Å². The molecule has 7 nitrogen and oxygen atoms in total. The van der Waals surface area contributed by atoms with Crippen LogP contribution in [0.25, 0.3) is 6.08 Å². The van der Waals surface area contributed by atoms with E-state index in [9.17, 15) is 27.6 Å². The highest BCUT2D eigenvalue weighted by Gasteiger charge is 2.39. The molecule has 1 aliphatic rings. The number of benzene rings is 3. The Morgan fingerprint density at radius 2 is 1.60 bits per heavy atom. The van der Waals surface area contributed by atoms with Gasteiger partial charge in [-0.25, -0.2) is 9.69 Å². The van der Waals surface area contributed by atoms with Crippen molar-refractivity contribution in [3.8, 4) is 11.5 Å². The summed E-state index contributed by atoms with van der Waals surface area (Å²) in [5.41, 5.74) is -1.41. The van der Waals surface area contributed by atoms with Crippen molar-refractivity contribution < 1.29 is 37.0 Å². The van der Waals surface area contributed by atoms with E-state index in [0.29, 0.717) is 32.6 Å². The fourth-order valence-corrected chi connectivity index (χ4v) is 4.45. The third-order valence-electron chi connectivity index (χ3n) is 5.55. The number of imide groups is 2. The zero-order valence-corrected chi connectivity index (χ0v) is 23.1. The van der Waals surface area contributed by atoms with E-state index in [1.807, 2.05) is 5.32 Å². The van der Waals surface area contributed by atoms with Crippen molar-refractivity contribution in [2.45, 2.75) is 12.8 Å². The number of barbiturate groups is 1. The van der Waals surface area contributed by atoms with Crippen LogP contribution in [0.2, 0.25) is 20.1 Å². The molecule has 4 amide bonds. The first kappa shape index (κ1) is 29.5. The summed E-state index contributed by atoms with van der Waals surface area (Å²) in [7, 11) is 1.34. The molecule has 4 rings (SSSR count). The number of hydrogen-bond donors (Lipinski definition) is 1. The molecular formula is C26H15Cl4F3N2O5. The lowest BCUT2D eigenvalue weighted by atomic mass is 10.1. The van der Waals surface area contributed by atoms with Crippen LogP contribution >= 0.6 is 46.4 Å². The quantitative estimate of drug-likeness (QED) is 0.224. The molecule has 0 unspecified atom stereocenters. The molecule has 0 atom stereocenters. The normalized spacial score (nSPS) is 14.9. The number of rotatable bonds is 6. The Balaban J connectivity index is 1.67. The van der Waals surface area contributed by atoms with Gasteiger partial charge in [-0.15, -0.1) is 0 Å². The number of carbonyl (C=O) groups is 3. The third-order valence-corrected chi connectivity index (χ3v) is 6.89. The van der Waals surface area contributed by atoms with Gasteiger partial charge in [0.05, 0.1) is 38.5 Å². The van der Waals surface area contributed by atoms with Gasteiger partial charge in [-0.05, 0) is 59.7 Å². The summed E-state index contributed by atoms with van der Waals surface area (Å²) in [4.78, 5) is 38.6. The first-order chi connectivity index (χ1) is 18.8. The smallest absolute Gasteiger partial charge is 0.416 e. The Hall–Kier alpha value is -3.44. The predicted molar refractivity (Wildman–Crippen MR) is 144 cm³/mol. The predicted octanol–water partition coefficient (Wildman–Crippen LogP) is 7.57. The number of nitrogens with zero attached hydrogens (tertiary/aromatic N) is 1. The Morgan fingerprint density at radius 3 is 2.25 bits per heavy atom. The lowest BCUT2D eigenvalue weighted by molar-refractivity contribution is -0.137. The van der Waals surface area contributed by atoms with Gasteiger partial charge in [0, 0.05) is 0 Å². The highest BCUT2D eigenvalue weighted by molar-refractivity contribution is 6.42. The largest absolute Gasteiger partial charge is 0.493 e. The summed E-state index contributed by atoms with van der Waals surface area (Å²) in [6.45, 7) is 0.0448. The highest BCUT2D eigenvalue weighted by Crippen LogP contribution is 2.39. The molecular weight excluding hydrogens is 619 g/mol. The summed E-state index contributed by atoms with van der Waals surface area (Å²) in [6.07, 6.45) is -3.68. The maximum atomic E-state index is 13.3. The SMILES string of the molecule is COc1cc(/C=C2/C(=O)NC(=O)N(c3cc(C(F)(F)F)ccc3Cl)C2=O)cc(Cl)c1OCc1ccc(Cl)c(Cl)c1. The van der Waals surface area contributed by atoms with E-state index in [1.54, 1.807) is 18.2 Å². The van der Waals surface area contributed by atoms with Crippen molar-refractivity contribution in [1.29, 1.82) is 0 Å². The van der Waals surface area contributed by atoms with Crippen molar-refractivity contribution >= 4 is 76.0 Å². The molecule has 1 saturated heterocycles. The van der Waals surface area contributed by atoms with Crippen LogP contribution in [0.15, 0.2) is 54.1 Å². The third kappa shape index (κ3) is 6.15. The number of methoxy groups -OCH3 is 1. The average Bonchev–Trinajstić information content (AvgIpc) is 2.87. The lowest BCUT2D eigenvalue weighted by Crippen LogP contribution is -2.54. The lowest BCUT2D eigenvalue weighted by Gasteiger charge is -2.27. The van der Waals surface area contributed by atoms with Crippen molar-refractivity contribution in [3.05, 3.63) is 90.9 Å². The van der Waals surface area contributed by atoms with Crippen LogP contribution in [0.1, 0.15) is 16.7 Å². The zero-order valence-electron chi connectivity index (χ0n) is 20.0. The van der Waals surface area contributed by atoms with Gasteiger partial charge in [0.25, 0.3) is 11.8 Å². The van der Waals surface area contributed by atoms with Crippen LogP contribution in [-0.4, -0.2) is 25.0 Å². The Labute approximate surface area is 245 Å². The topological polar surface area (TPSA) is 84.9 Å². The Morgan fingerprint density at radius 1 is 0.900 bits per heavy atom. The number of nitrogens with one attached hydrogen (secondary N) is 1. The van der Waals surface area contributed by atoms with Gasteiger partial charge in [-0.3, -0.25) is 14.9 Å². The highest BCUT2D eigenvalue weighted by atomic mass is 35.5. The van der Waals surface area contributed by atoms with E-state index in [2.05, 4.69) is 0 Å². The molecule has 3 aromatic rings. The molecule has 0 spiro atoms. The van der Waals surface area contributed by atoms with E-state index in [0.717, 1.165) is 12.1 Å². The maximum Gasteiger partial charge on any atom is 0.416 e. The minimum absolute atomic E-state index is 0.0448. The molecule has 1 fully saturated rings. The van der Waals surface area contributed by atoms with E-state index >= 15 is 0 Å². The van der Waals surface area contributed by atoms with Crippen molar-refractivity contribution in [2.75, 3.05) is 12.0 Å². The average molecular weight is 634 g/mol. The number of urea groups is 1. The fourth-order valence-electron chi connectivity index (χ4n) is 3.65. The molecule has 0 bridgehead atoms. The molecule has 40 heavy (non-hydrogen) atoms. The molecule has 3 aromatic carbocycles. The van der Waals surface area contributed by atoms with E-state index in [1.165, 1.54) is 19.2 Å². The number of carbonyl (C=O) groups excluding carboxylic acids is 3. The molecule has 14 heteroatoms. The van der Waals surface area contributed by atoms with E-state index in [4.69, 9.17) is 55.9 Å². The van der Waals surface area contributed by atoms with Gasteiger partial charge in [0.1, 0.15) is 12.2 Å². The second-order valence-electron chi connectivity index (χ2n) is 8.19. The summed E-state index contributed by atoms with van der Waals surface area (Å²) >= 11 is 24.4. The number of ether oxygens (including phenoxy) is 2. The van der Waals surface area contributed by atoms with Gasteiger partial charge in [-0.2, -0.15) is 13.2 Å². The monoisotopic (exact) mass is 632 g/mol. The number of halogens is 7. The molecule has 0 saturated carbocycles. The first-order valence-corrected chi connectivity index (χ1v) is 12.5. The number of anilines is 1. The summed E-state index contributed by atoms with van der Waals surface area (Å²) in [5.74, 6) is -2.00. The van der Waals surface area contributed by atoms with Crippen LogP contribution in [-0.2, 0) is 22.4 Å². The summed E-state index contributed by atoms with van der Waals surface area (Å²) in [5, 5.41) is 2.35. The van der Waals surface area contributed by atoms with Crippen molar-refractivity contribution in [1.82, 2.24) is 5.32 Å². The van der Waals surface area contributed by atoms with Crippen molar-refractivity contribution in [2.24, 2.45) is 0 Å². The first-order valence-electron chi connectivity index (χ1n) is 11.0. The molecule has 0 aliphatic carbocycles. The number of hydrogen-bond acceptors (Lipinski definition) is 5. The summed E-state index contributed by atoms with van der Waals surface area (Å²) < 4.78 is 50.9.